The number of carboxylic acids is 1. The van der Waals surface area contributed by atoms with Gasteiger partial charge in [0.1, 0.15) is 0 Å². The van der Waals surface area contributed by atoms with Gasteiger partial charge >= 0.3 is 5.97 Å². The lowest BCUT2D eigenvalue weighted by atomic mass is 10.2. The van der Waals surface area contributed by atoms with Gasteiger partial charge in [0.05, 0.1) is 10.5 Å². The van der Waals surface area contributed by atoms with Crippen molar-refractivity contribution in [1.29, 1.82) is 0 Å². The molecule has 0 radical (unpaired) electrons. The maximum absolute atomic E-state index is 12.2. The van der Waals surface area contributed by atoms with Gasteiger partial charge in [-0.2, -0.15) is 0 Å². The summed E-state index contributed by atoms with van der Waals surface area (Å²) in [7, 11) is -3.89. The second kappa shape index (κ2) is 6.42. The van der Waals surface area contributed by atoms with E-state index in [1.165, 1.54) is 18.2 Å². The first-order valence-corrected chi connectivity index (χ1v) is 8.23. The fourth-order valence-corrected chi connectivity index (χ4v) is 3.61. The predicted octanol–water partition coefficient (Wildman–Crippen LogP) is 0.341. The van der Waals surface area contributed by atoms with Gasteiger partial charge in [-0.3, -0.25) is 0 Å². The molecule has 1 saturated heterocycles. The molecule has 0 aliphatic carbocycles. The van der Waals surface area contributed by atoms with Crippen LogP contribution in [-0.2, 0) is 10.0 Å². The van der Waals surface area contributed by atoms with Crippen LogP contribution in [0.4, 0.5) is 5.69 Å². The molecule has 0 unspecified atom stereocenters. The lowest BCUT2D eigenvalue weighted by molar-refractivity contribution is 0.0692. The average Bonchev–Trinajstić information content (AvgIpc) is 2.91. The topological polar surface area (TPSA) is 113 Å². The molecule has 0 atom stereocenters. The number of nitrogens with one attached hydrogen (secondary N) is 1. The summed E-state index contributed by atoms with van der Waals surface area (Å²) in [5.74, 6) is -1.30. The fourth-order valence-electron chi connectivity index (χ4n) is 2.36. The molecule has 8 heteroatoms. The first-order valence-electron chi connectivity index (χ1n) is 6.75. The highest BCUT2D eigenvalue weighted by Crippen LogP contribution is 2.19. The number of nitrogens with zero attached hydrogens (tertiary/aromatic N) is 1. The summed E-state index contributed by atoms with van der Waals surface area (Å²) in [6, 6.07) is 3.74. The Bertz CT molecular complexity index is 624. The van der Waals surface area contributed by atoms with E-state index in [1.807, 2.05) is 0 Å². The van der Waals surface area contributed by atoms with Crippen LogP contribution in [-0.4, -0.2) is 50.6 Å². The minimum absolute atomic E-state index is 0.208. The van der Waals surface area contributed by atoms with E-state index in [4.69, 9.17) is 10.8 Å². The minimum atomic E-state index is -3.89. The molecule has 1 aliphatic heterocycles. The van der Waals surface area contributed by atoms with E-state index < -0.39 is 16.0 Å². The van der Waals surface area contributed by atoms with E-state index in [1.54, 1.807) is 0 Å². The number of aromatic carboxylic acids is 1. The second-order valence-corrected chi connectivity index (χ2v) is 6.74. The Morgan fingerprint density at radius 3 is 2.62 bits per heavy atom. The van der Waals surface area contributed by atoms with E-state index in [0.717, 1.165) is 25.9 Å². The highest BCUT2D eigenvalue weighted by atomic mass is 32.2. The van der Waals surface area contributed by atoms with E-state index in [0.29, 0.717) is 6.54 Å². The van der Waals surface area contributed by atoms with Gasteiger partial charge in [-0.15, -0.1) is 0 Å². The van der Waals surface area contributed by atoms with Crippen molar-refractivity contribution in [2.24, 2.45) is 0 Å². The Hall–Kier alpha value is -1.64. The van der Waals surface area contributed by atoms with Crippen LogP contribution in [0.15, 0.2) is 23.1 Å². The summed E-state index contributed by atoms with van der Waals surface area (Å²) < 4.78 is 26.9. The number of rotatable bonds is 6. The maximum Gasteiger partial charge on any atom is 0.337 e. The molecule has 0 bridgehead atoms. The molecule has 1 aliphatic rings. The van der Waals surface area contributed by atoms with E-state index in [9.17, 15) is 13.2 Å². The summed E-state index contributed by atoms with van der Waals surface area (Å²) in [4.78, 5) is 13.0. The molecule has 7 nitrogen and oxygen atoms in total. The molecule has 21 heavy (non-hydrogen) atoms. The molecule has 1 aromatic rings. The molecule has 2 rings (SSSR count). The van der Waals surface area contributed by atoms with Crippen molar-refractivity contribution in [2.75, 3.05) is 31.9 Å². The van der Waals surface area contributed by atoms with Gasteiger partial charge in [0.2, 0.25) is 10.0 Å². The highest BCUT2D eigenvalue weighted by Gasteiger charge is 2.22. The molecule has 0 spiro atoms. The molecule has 1 heterocycles. The van der Waals surface area contributed by atoms with E-state index in [2.05, 4.69) is 9.62 Å². The molecule has 0 saturated carbocycles. The first kappa shape index (κ1) is 15.7. The Labute approximate surface area is 123 Å². The number of nitrogen functional groups attached to an aromatic ring is 1. The lowest BCUT2D eigenvalue weighted by Crippen LogP contribution is -2.34. The number of carbonyl (C=O) groups is 1. The van der Waals surface area contributed by atoms with Gasteiger partial charge < -0.3 is 15.7 Å². The number of likely N-dealkylation sites (tertiary alicyclic amines) is 1. The standard InChI is InChI=1S/C13H19N3O4S/c14-10-3-4-11(13(17)18)12(9-10)21(19,20)15-5-8-16-6-1-2-7-16/h3-4,9,15H,1-2,5-8,14H2,(H,17,18). The molecule has 0 aromatic heterocycles. The zero-order chi connectivity index (χ0) is 15.5. The van der Waals surface area contributed by atoms with E-state index >= 15 is 0 Å². The number of carboxylic acid groups (broad SMARTS) is 1. The molecule has 0 amide bonds. The fraction of sp³-hybridized carbons (Fsp3) is 0.462. The van der Waals surface area contributed by atoms with Crippen LogP contribution in [0.1, 0.15) is 23.2 Å². The van der Waals surface area contributed by atoms with Crippen LogP contribution in [0.5, 0.6) is 0 Å². The zero-order valence-corrected chi connectivity index (χ0v) is 12.4. The number of benzene rings is 1. The van der Waals surface area contributed by atoms with Crippen molar-refractivity contribution in [3.05, 3.63) is 23.8 Å². The Balaban J connectivity index is 2.11. The summed E-state index contributed by atoms with van der Waals surface area (Å²) >= 11 is 0. The van der Waals surface area contributed by atoms with Crippen LogP contribution >= 0.6 is 0 Å². The van der Waals surface area contributed by atoms with Crippen LogP contribution in [0.3, 0.4) is 0 Å². The third kappa shape index (κ3) is 3.93. The lowest BCUT2D eigenvalue weighted by Gasteiger charge is -2.15. The molecular weight excluding hydrogens is 294 g/mol. The Morgan fingerprint density at radius 2 is 2.00 bits per heavy atom. The monoisotopic (exact) mass is 313 g/mol. The predicted molar refractivity (Wildman–Crippen MR) is 78.7 cm³/mol. The van der Waals surface area contributed by atoms with Gasteiger partial charge in [0, 0.05) is 18.8 Å². The van der Waals surface area contributed by atoms with Gasteiger partial charge in [-0.05, 0) is 44.1 Å². The number of sulfonamides is 1. The number of nitrogens with two attached hydrogens (primary N) is 1. The largest absolute Gasteiger partial charge is 0.478 e. The van der Waals surface area contributed by atoms with Crippen molar-refractivity contribution in [3.63, 3.8) is 0 Å². The third-order valence-electron chi connectivity index (χ3n) is 3.44. The van der Waals surface area contributed by atoms with Gasteiger partial charge in [-0.1, -0.05) is 0 Å². The number of hydrogen-bond acceptors (Lipinski definition) is 5. The third-order valence-corrected chi connectivity index (χ3v) is 4.95. The van der Waals surface area contributed by atoms with Crippen molar-refractivity contribution in [2.45, 2.75) is 17.7 Å². The summed E-state index contributed by atoms with van der Waals surface area (Å²) in [6.07, 6.45) is 2.26. The van der Waals surface area contributed by atoms with Crippen LogP contribution in [0.2, 0.25) is 0 Å². The normalized spacial score (nSPS) is 16.2. The van der Waals surface area contributed by atoms with Crippen LogP contribution in [0.25, 0.3) is 0 Å². The Morgan fingerprint density at radius 1 is 1.33 bits per heavy atom. The summed E-state index contributed by atoms with van der Waals surface area (Å²) in [5, 5.41) is 9.08. The van der Waals surface area contributed by atoms with Gasteiger partial charge in [-0.25, -0.2) is 17.9 Å². The van der Waals surface area contributed by atoms with Crippen molar-refractivity contribution in [3.8, 4) is 0 Å². The summed E-state index contributed by atoms with van der Waals surface area (Å²) in [5.41, 5.74) is 5.49. The first-order chi connectivity index (χ1) is 9.90. The van der Waals surface area contributed by atoms with Crippen molar-refractivity contribution < 1.29 is 18.3 Å². The molecule has 4 N–H and O–H groups in total. The minimum Gasteiger partial charge on any atom is -0.478 e. The highest BCUT2D eigenvalue weighted by molar-refractivity contribution is 7.89. The Kier molecular flexibility index (Phi) is 4.81. The SMILES string of the molecule is Nc1ccc(C(=O)O)c(S(=O)(=O)NCCN2CCCC2)c1. The molecule has 116 valence electrons. The van der Waals surface area contributed by atoms with E-state index in [-0.39, 0.29) is 22.7 Å². The zero-order valence-electron chi connectivity index (χ0n) is 11.6. The van der Waals surface area contributed by atoms with Crippen LogP contribution in [0, 0.1) is 0 Å². The second-order valence-electron chi connectivity index (χ2n) is 5.01. The van der Waals surface area contributed by atoms with Crippen molar-refractivity contribution in [1.82, 2.24) is 9.62 Å². The van der Waals surface area contributed by atoms with Gasteiger partial charge in [0.25, 0.3) is 0 Å². The molecular formula is C13H19N3O4S. The van der Waals surface area contributed by atoms with Gasteiger partial charge in [0.15, 0.2) is 0 Å². The summed E-state index contributed by atoms with van der Waals surface area (Å²) in [6.45, 7) is 2.81. The number of anilines is 1. The quantitative estimate of drug-likeness (QED) is 0.653. The van der Waals surface area contributed by atoms with Crippen LogP contribution < -0.4 is 10.5 Å². The average molecular weight is 313 g/mol. The smallest absolute Gasteiger partial charge is 0.337 e. The molecule has 1 aromatic carbocycles. The van der Waals surface area contributed by atoms with Crippen molar-refractivity contribution >= 4 is 21.7 Å². The maximum atomic E-state index is 12.2. The number of hydrogen-bond donors (Lipinski definition) is 3. The molecule has 1 fully saturated rings.